The van der Waals surface area contributed by atoms with Gasteiger partial charge in [0, 0.05) is 12.6 Å². The van der Waals surface area contributed by atoms with Crippen molar-refractivity contribution in [2.45, 2.75) is 45.6 Å². The van der Waals surface area contributed by atoms with Crippen LogP contribution in [0.15, 0.2) is 30.3 Å². The Hall–Kier alpha value is -1.88. The molecule has 0 aliphatic heterocycles. The molecule has 0 unspecified atom stereocenters. The number of rotatable bonds is 11. The lowest BCUT2D eigenvalue weighted by Gasteiger charge is -2.18. The van der Waals surface area contributed by atoms with Crippen LogP contribution in [0.25, 0.3) is 0 Å². The predicted molar refractivity (Wildman–Crippen MR) is 89.1 cm³/mol. The first-order valence-electron chi connectivity index (χ1n) is 8.24. The molecule has 1 aromatic carbocycles. The van der Waals surface area contributed by atoms with Crippen LogP contribution in [-0.2, 0) is 25.5 Å². The van der Waals surface area contributed by atoms with Crippen molar-refractivity contribution in [2.24, 2.45) is 0 Å². The molecular weight excluding hydrogens is 294 g/mol. The van der Waals surface area contributed by atoms with Crippen molar-refractivity contribution in [1.82, 2.24) is 5.32 Å². The Balaban J connectivity index is 2.44. The Morgan fingerprint density at radius 3 is 2.35 bits per heavy atom. The average molecular weight is 321 g/mol. The number of carbonyl (C=O) groups is 2. The summed E-state index contributed by atoms with van der Waals surface area (Å²) in [4.78, 5) is 23.1. The van der Waals surface area contributed by atoms with Gasteiger partial charge in [-0.25, -0.2) is 0 Å². The van der Waals surface area contributed by atoms with Gasteiger partial charge < -0.3 is 14.8 Å². The second-order valence-corrected chi connectivity index (χ2v) is 5.24. The molecule has 0 saturated heterocycles. The van der Waals surface area contributed by atoms with E-state index in [4.69, 9.17) is 9.47 Å². The fraction of sp³-hybridized carbons (Fsp3) is 0.556. The smallest absolute Gasteiger partial charge is 0.307 e. The number of esters is 2. The van der Waals surface area contributed by atoms with E-state index in [-0.39, 0.29) is 18.0 Å². The molecule has 0 aliphatic carbocycles. The van der Waals surface area contributed by atoms with Gasteiger partial charge >= 0.3 is 11.9 Å². The number of hydrogen-bond acceptors (Lipinski definition) is 5. The van der Waals surface area contributed by atoms with Gasteiger partial charge in [0.2, 0.25) is 0 Å². The van der Waals surface area contributed by atoms with Crippen molar-refractivity contribution in [1.29, 1.82) is 0 Å². The lowest BCUT2D eigenvalue weighted by atomic mass is 10.0. The lowest BCUT2D eigenvalue weighted by molar-refractivity contribution is -0.143. The number of benzene rings is 1. The molecule has 0 amide bonds. The van der Waals surface area contributed by atoms with Crippen molar-refractivity contribution in [2.75, 3.05) is 19.8 Å². The van der Waals surface area contributed by atoms with Gasteiger partial charge in [0.05, 0.1) is 26.1 Å². The molecule has 1 N–H and O–H groups in total. The van der Waals surface area contributed by atoms with Crippen molar-refractivity contribution >= 4 is 11.9 Å². The van der Waals surface area contributed by atoms with E-state index >= 15 is 0 Å². The Morgan fingerprint density at radius 1 is 1.04 bits per heavy atom. The quantitative estimate of drug-likeness (QED) is 0.634. The van der Waals surface area contributed by atoms with Crippen LogP contribution in [0.5, 0.6) is 0 Å². The predicted octanol–water partition coefficient (Wildman–Crippen LogP) is 2.48. The zero-order valence-electron chi connectivity index (χ0n) is 14.0. The molecule has 0 radical (unpaired) electrons. The highest BCUT2D eigenvalue weighted by molar-refractivity contribution is 5.70. The van der Waals surface area contributed by atoms with Crippen LogP contribution >= 0.6 is 0 Å². The molecule has 0 aliphatic rings. The largest absolute Gasteiger partial charge is 0.466 e. The lowest BCUT2D eigenvalue weighted by Crippen LogP contribution is -2.34. The van der Waals surface area contributed by atoms with Crippen LogP contribution in [0.3, 0.4) is 0 Å². The zero-order valence-corrected chi connectivity index (χ0v) is 14.0. The summed E-state index contributed by atoms with van der Waals surface area (Å²) < 4.78 is 9.92. The summed E-state index contributed by atoms with van der Waals surface area (Å²) in [7, 11) is 0. The minimum absolute atomic E-state index is 0.0105. The van der Waals surface area contributed by atoms with Crippen molar-refractivity contribution in [3.63, 3.8) is 0 Å². The van der Waals surface area contributed by atoms with Crippen molar-refractivity contribution in [3.8, 4) is 0 Å². The first-order valence-corrected chi connectivity index (χ1v) is 8.24. The average Bonchev–Trinajstić information content (AvgIpc) is 2.54. The van der Waals surface area contributed by atoms with Gasteiger partial charge in [0.25, 0.3) is 0 Å². The summed E-state index contributed by atoms with van der Waals surface area (Å²) in [5.74, 6) is -0.438. The monoisotopic (exact) mass is 321 g/mol. The van der Waals surface area contributed by atoms with E-state index in [0.29, 0.717) is 32.6 Å². The summed E-state index contributed by atoms with van der Waals surface area (Å²) in [6.45, 7) is 4.85. The molecule has 1 rings (SSSR count). The van der Waals surface area contributed by atoms with Crippen LogP contribution in [0.1, 0.15) is 38.7 Å². The fourth-order valence-corrected chi connectivity index (χ4v) is 2.29. The number of nitrogens with one attached hydrogen (secondary N) is 1. The maximum Gasteiger partial charge on any atom is 0.307 e. The first-order chi connectivity index (χ1) is 11.2. The maximum absolute atomic E-state index is 11.7. The Kier molecular flexibility index (Phi) is 9.71. The van der Waals surface area contributed by atoms with Gasteiger partial charge in [-0.15, -0.1) is 0 Å². The number of hydrogen-bond donors (Lipinski definition) is 1. The van der Waals surface area contributed by atoms with Gasteiger partial charge in [0.15, 0.2) is 0 Å². The van der Waals surface area contributed by atoms with E-state index in [1.807, 2.05) is 18.2 Å². The molecule has 23 heavy (non-hydrogen) atoms. The van der Waals surface area contributed by atoms with Gasteiger partial charge in [0.1, 0.15) is 0 Å². The third kappa shape index (κ3) is 8.98. The molecule has 0 spiro atoms. The van der Waals surface area contributed by atoms with Crippen LogP contribution in [0, 0.1) is 0 Å². The third-order valence-electron chi connectivity index (χ3n) is 3.41. The molecule has 0 aromatic heterocycles. The van der Waals surface area contributed by atoms with E-state index in [2.05, 4.69) is 17.4 Å². The Morgan fingerprint density at radius 2 is 1.70 bits per heavy atom. The summed E-state index contributed by atoms with van der Waals surface area (Å²) in [5, 5.41) is 3.27. The SMILES string of the molecule is CCOC(=O)CCN[C@H](CCc1ccccc1)CC(=O)OCC. The molecule has 128 valence electrons. The highest BCUT2D eigenvalue weighted by Crippen LogP contribution is 2.08. The van der Waals surface area contributed by atoms with Gasteiger partial charge in [-0.2, -0.15) is 0 Å². The summed E-state index contributed by atoms with van der Waals surface area (Å²) in [6, 6.07) is 10.1. The molecule has 1 aromatic rings. The highest BCUT2D eigenvalue weighted by Gasteiger charge is 2.15. The van der Waals surface area contributed by atoms with Crippen LogP contribution in [-0.4, -0.2) is 37.7 Å². The highest BCUT2D eigenvalue weighted by atomic mass is 16.5. The first kappa shape index (κ1) is 19.2. The van der Waals surface area contributed by atoms with Gasteiger partial charge in [-0.05, 0) is 32.3 Å². The van der Waals surface area contributed by atoms with E-state index in [9.17, 15) is 9.59 Å². The van der Waals surface area contributed by atoms with Crippen molar-refractivity contribution in [3.05, 3.63) is 35.9 Å². The van der Waals surface area contributed by atoms with Gasteiger partial charge in [-0.3, -0.25) is 9.59 Å². The second kappa shape index (κ2) is 11.7. The minimum Gasteiger partial charge on any atom is -0.466 e. The molecule has 1 atom stereocenters. The normalized spacial score (nSPS) is 11.7. The maximum atomic E-state index is 11.7. The molecule has 5 nitrogen and oxygen atoms in total. The van der Waals surface area contributed by atoms with Gasteiger partial charge in [-0.1, -0.05) is 30.3 Å². The molecule has 5 heteroatoms. The fourth-order valence-electron chi connectivity index (χ4n) is 2.29. The molecule has 0 saturated carbocycles. The van der Waals surface area contributed by atoms with Crippen LogP contribution in [0.2, 0.25) is 0 Å². The molecular formula is C18H27NO4. The van der Waals surface area contributed by atoms with E-state index in [1.54, 1.807) is 13.8 Å². The van der Waals surface area contributed by atoms with Crippen molar-refractivity contribution < 1.29 is 19.1 Å². The number of aryl methyl sites for hydroxylation is 1. The van der Waals surface area contributed by atoms with Crippen LogP contribution in [0.4, 0.5) is 0 Å². The van der Waals surface area contributed by atoms with Crippen LogP contribution < -0.4 is 5.32 Å². The van der Waals surface area contributed by atoms with E-state index < -0.39 is 0 Å². The third-order valence-corrected chi connectivity index (χ3v) is 3.41. The number of carbonyl (C=O) groups excluding carboxylic acids is 2. The Bertz CT molecular complexity index is 461. The zero-order chi connectivity index (χ0) is 16.9. The topological polar surface area (TPSA) is 64.6 Å². The molecule has 0 fully saturated rings. The Labute approximate surface area is 138 Å². The summed E-state index contributed by atoms with van der Waals surface area (Å²) >= 11 is 0. The summed E-state index contributed by atoms with van der Waals surface area (Å²) in [5.41, 5.74) is 1.23. The second-order valence-electron chi connectivity index (χ2n) is 5.24. The van der Waals surface area contributed by atoms with E-state index in [1.165, 1.54) is 5.56 Å². The van der Waals surface area contributed by atoms with E-state index in [0.717, 1.165) is 12.8 Å². The standard InChI is InChI=1S/C18H27NO4/c1-3-22-17(20)12-13-19-16(14-18(21)23-4-2)11-10-15-8-6-5-7-9-15/h5-9,16,19H,3-4,10-14H2,1-2H3/t16-/m1/s1. The summed E-state index contributed by atoms with van der Waals surface area (Å²) in [6.07, 6.45) is 2.30. The number of ether oxygens (including phenoxy) is 2. The molecule has 0 bridgehead atoms. The minimum atomic E-state index is -0.224. The molecule has 0 heterocycles.